The number of rotatable bonds is 7. The second-order valence-corrected chi connectivity index (χ2v) is 5.10. The van der Waals surface area contributed by atoms with Gasteiger partial charge in [-0.2, -0.15) is 0 Å². The summed E-state index contributed by atoms with van der Waals surface area (Å²) in [5.74, 6) is 1.04. The fourth-order valence-electron chi connectivity index (χ4n) is 1.80. The minimum absolute atomic E-state index is 0.0270. The van der Waals surface area contributed by atoms with Gasteiger partial charge in [0.15, 0.2) is 0 Å². The summed E-state index contributed by atoms with van der Waals surface area (Å²) in [6.07, 6.45) is 0.486. The van der Waals surface area contributed by atoms with Crippen molar-refractivity contribution in [2.75, 3.05) is 23.7 Å². The molecule has 0 heterocycles. The van der Waals surface area contributed by atoms with Crippen molar-refractivity contribution >= 4 is 17.3 Å². The molecule has 4 heteroatoms. The molecule has 0 radical (unpaired) electrons. The Labute approximate surface area is 115 Å². The molecule has 1 unspecified atom stereocenters. The van der Waals surface area contributed by atoms with Gasteiger partial charge in [-0.05, 0) is 36.6 Å². The minimum atomic E-state index is 0.0270. The first-order valence-electron chi connectivity index (χ1n) is 6.90. The van der Waals surface area contributed by atoms with Crippen LogP contribution < -0.4 is 16.4 Å². The van der Waals surface area contributed by atoms with Crippen LogP contribution in [0.1, 0.15) is 27.2 Å². The van der Waals surface area contributed by atoms with E-state index in [0.717, 1.165) is 17.9 Å². The van der Waals surface area contributed by atoms with Gasteiger partial charge in [-0.3, -0.25) is 4.79 Å². The summed E-state index contributed by atoms with van der Waals surface area (Å²) >= 11 is 0. The van der Waals surface area contributed by atoms with Crippen LogP contribution in [0.3, 0.4) is 0 Å². The van der Waals surface area contributed by atoms with E-state index in [-0.39, 0.29) is 5.91 Å². The van der Waals surface area contributed by atoms with Crippen molar-refractivity contribution < 1.29 is 4.79 Å². The van der Waals surface area contributed by atoms with Crippen molar-refractivity contribution in [3.05, 3.63) is 24.3 Å². The molecule has 0 bridgehead atoms. The van der Waals surface area contributed by atoms with E-state index < -0.39 is 0 Å². The summed E-state index contributed by atoms with van der Waals surface area (Å²) in [5.41, 5.74) is 7.59. The van der Waals surface area contributed by atoms with Crippen LogP contribution in [0.4, 0.5) is 11.4 Å². The van der Waals surface area contributed by atoms with Crippen molar-refractivity contribution in [1.82, 2.24) is 0 Å². The van der Waals surface area contributed by atoms with Crippen molar-refractivity contribution in [3.63, 3.8) is 0 Å². The van der Waals surface area contributed by atoms with Crippen LogP contribution in [0.15, 0.2) is 24.3 Å². The Morgan fingerprint density at radius 3 is 2.58 bits per heavy atom. The highest BCUT2D eigenvalue weighted by Gasteiger charge is 2.10. The predicted octanol–water partition coefficient (Wildman–Crippen LogP) is 2.68. The van der Waals surface area contributed by atoms with E-state index in [2.05, 4.69) is 24.5 Å². The third-order valence-corrected chi connectivity index (χ3v) is 3.28. The van der Waals surface area contributed by atoms with Gasteiger partial charge in [0.2, 0.25) is 5.91 Å². The number of benzene rings is 1. The maximum absolute atomic E-state index is 11.3. The second kappa shape index (κ2) is 7.79. The average Bonchev–Trinajstić information content (AvgIpc) is 2.39. The lowest BCUT2D eigenvalue weighted by Crippen LogP contribution is -2.27. The molecule has 4 N–H and O–H groups in total. The van der Waals surface area contributed by atoms with Crippen molar-refractivity contribution in [2.24, 2.45) is 17.6 Å². The van der Waals surface area contributed by atoms with Crippen LogP contribution in [-0.4, -0.2) is 19.0 Å². The maximum atomic E-state index is 11.3. The molecule has 19 heavy (non-hydrogen) atoms. The zero-order valence-electron chi connectivity index (χ0n) is 12.1. The lowest BCUT2D eigenvalue weighted by molar-refractivity contribution is -0.115. The predicted molar refractivity (Wildman–Crippen MR) is 81.2 cm³/mol. The molecule has 0 saturated carbocycles. The van der Waals surface area contributed by atoms with Gasteiger partial charge in [0.05, 0.1) is 0 Å². The van der Waals surface area contributed by atoms with Gasteiger partial charge < -0.3 is 16.4 Å². The summed E-state index contributed by atoms with van der Waals surface area (Å²) in [6.45, 7) is 7.72. The largest absolute Gasteiger partial charge is 0.385 e. The fraction of sp³-hybridized carbons (Fsp3) is 0.533. The number of carbonyl (C=O) groups is 1. The molecule has 0 aliphatic rings. The highest BCUT2D eigenvalue weighted by atomic mass is 16.1. The molecule has 1 atom stereocenters. The molecule has 1 rings (SSSR count). The molecule has 106 valence electrons. The normalized spacial score (nSPS) is 12.3. The highest BCUT2D eigenvalue weighted by molar-refractivity contribution is 5.90. The zero-order chi connectivity index (χ0) is 14.3. The molecule has 0 saturated heterocycles. The monoisotopic (exact) mass is 263 g/mol. The van der Waals surface area contributed by atoms with Gasteiger partial charge >= 0.3 is 0 Å². The molecule has 0 fully saturated rings. The molecule has 1 aromatic rings. The number of hydrogen-bond acceptors (Lipinski definition) is 3. The van der Waals surface area contributed by atoms with E-state index in [4.69, 9.17) is 5.73 Å². The summed E-state index contributed by atoms with van der Waals surface area (Å²) in [6, 6.07) is 7.76. The van der Waals surface area contributed by atoms with Crippen molar-refractivity contribution in [1.29, 1.82) is 0 Å². The summed E-state index contributed by atoms with van der Waals surface area (Å²) in [4.78, 5) is 11.3. The number of nitrogens with one attached hydrogen (secondary N) is 2. The van der Waals surface area contributed by atoms with Crippen molar-refractivity contribution in [3.8, 4) is 0 Å². The first kappa shape index (κ1) is 15.5. The fourth-order valence-corrected chi connectivity index (χ4v) is 1.80. The Hall–Kier alpha value is -1.55. The molecule has 0 aromatic heterocycles. The van der Waals surface area contributed by atoms with E-state index in [1.165, 1.54) is 0 Å². The summed E-state index contributed by atoms with van der Waals surface area (Å²) < 4.78 is 0. The summed E-state index contributed by atoms with van der Waals surface area (Å²) in [7, 11) is 0. The Morgan fingerprint density at radius 1 is 1.32 bits per heavy atom. The molecule has 0 aliphatic heterocycles. The van der Waals surface area contributed by atoms with E-state index in [1.807, 2.05) is 31.2 Å². The quantitative estimate of drug-likeness (QED) is 0.708. The minimum Gasteiger partial charge on any atom is -0.385 e. The standard InChI is InChI=1S/C15H25N3O/c1-4-15(19)18-14-7-5-6-13(8-14)17-10-12(9-16)11(2)3/h5-8,11-12,17H,4,9-10,16H2,1-3H3,(H,18,19). The van der Waals surface area contributed by atoms with Gasteiger partial charge in [-0.25, -0.2) is 0 Å². The Bertz CT molecular complexity index is 404. The number of amides is 1. The topological polar surface area (TPSA) is 67.2 Å². The first-order valence-corrected chi connectivity index (χ1v) is 6.90. The lowest BCUT2D eigenvalue weighted by Gasteiger charge is -2.20. The van der Waals surface area contributed by atoms with Gasteiger partial charge in [0.25, 0.3) is 0 Å². The second-order valence-electron chi connectivity index (χ2n) is 5.10. The average molecular weight is 263 g/mol. The van der Waals surface area contributed by atoms with Crippen LogP contribution in [0.25, 0.3) is 0 Å². The zero-order valence-corrected chi connectivity index (χ0v) is 12.1. The molecule has 1 amide bonds. The number of carbonyl (C=O) groups excluding carboxylic acids is 1. The first-order chi connectivity index (χ1) is 9.06. The Balaban J connectivity index is 2.59. The van der Waals surface area contributed by atoms with Gasteiger partial charge in [-0.15, -0.1) is 0 Å². The van der Waals surface area contributed by atoms with Crippen LogP contribution >= 0.6 is 0 Å². The molecular formula is C15H25N3O. The maximum Gasteiger partial charge on any atom is 0.224 e. The smallest absolute Gasteiger partial charge is 0.224 e. The molecule has 1 aromatic carbocycles. The van der Waals surface area contributed by atoms with Gasteiger partial charge in [-0.1, -0.05) is 26.8 Å². The summed E-state index contributed by atoms with van der Waals surface area (Å²) in [5, 5.41) is 6.23. The number of hydrogen-bond donors (Lipinski definition) is 3. The van der Waals surface area contributed by atoms with Crippen LogP contribution in [-0.2, 0) is 4.79 Å². The van der Waals surface area contributed by atoms with Gasteiger partial charge in [0.1, 0.15) is 0 Å². The molecule has 0 aliphatic carbocycles. The lowest BCUT2D eigenvalue weighted by atomic mass is 9.96. The third kappa shape index (κ3) is 5.30. The SMILES string of the molecule is CCC(=O)Nc1cccc(NCC(CN)C(C)C)c1. The molecule has 0 spiro atoms. The molecule has 4 nitrogen and oxygen atoms in total. The number of nitrogens with two attached hydrogens (primary N) is 1. The van der Waals surface area contributed by atoms with E-state index in [1.54, 1.807) is 0 Å². The van der Waals surface area contributed by atoms with Crippen molar-refractivity contribution in [2.45, 2.75) is 27.2 Å². The van der Waals surface area contributed by atoms with E-state index >= 15 is 0 Å². The van der Waals surface area contributed by atoms with Crippen LogP contribution in [0.5, 0.6) is 0 Å². The highest BCUT2D eigenvalue weighted by Crippen LogP contribution is 2.17. The van der Waals surface area contributed by atoms with E-state index in [9.17, 15) is 4.79 Å². The van der Waals surface area contributed by atoms with Gasteiger partial charge in [0, 0.05) is 24.3 Å². The Morgan fingerprint density at radius 2 is 2.00 bits per heavy atom. The van der Waals surface area contributed by atoms with Crippen LogP contribution in [0, 0.1) is 11.8 Å². The van der Waals surface area contributed by atoms with Crippen LogP contribution in [0.2, 0.25) is 0 Å². The third-order valence-electron chi connectivity index (χ3n) is 3.28. The van der Waals surface area contributed by atoms with E-state index in [0.29, 0.717) is 24.8 Å². The number of anilines is 2. The Kier molecular flexibility index (Phi) is 6.36. The molecular weight excluding hydrogens is 238 g/mol.